The van der Waals surface area contributed by atoms with Gasteiger partial charge in [0.15, 0.2) is 5.60 Å². The first-order chi connectivity index (χ1) is 10.7. The van der Waals surface area contributed by atoms with Crippen LogP contribution in [0.1, 0.15) is 42.9 Å². The van der Waals surface area contributed by atoms with E-state index in [1.54, 1.807) is 0 Å². The minimum absolute atomic E-state index is 0.291. The Morgan fingerprint density at radius 2 is 1.73 bits per heavy atom. The Bertz CT molecular complexity index is 645. The molecule has 0 aliphatic carbocycles. The number of aryl methyl sites for hydroxylation is 2. The van der Waals surface area contributed by atoms with E-state index in [0.717, 1.165) is 25.7 Å². The van der Waals surface area contributed by atoms with Crippen LogP contribution in [0.25, 0.3) is 0 Å². The van der Waals surface area contributed by atoms with Crippen molar-refractivity contribution in [2.45, 2.75) is 45.1 Å². The van der Waals surface area contributed by atoms with Crippen LogP contribution in [0.4, 0.5) is 0 Å². The van der Waals surface area contributed by atoms with Gasteiger partial charge in [-0.2, -0.15) is 0 Å². The van der Waals surface area contributed by atoms with E-state index in [9.17, 15) is 0 Å². The number of rotatable bonds is 5. The van der Waals surface area contributed by atoms with E-state index in [-0.39, 0.29) is 5.60 Å². The summed E-state index contributed by atoms with van der Waals surface area (Å²) >= 11 is 0. The molecule has 114 valence electrons. The summed E-state index contributed by atoms with van der Waals surface area (Å²) < 4.78 is 0. The molecule has 0 spiro atoms. The molecule has 0 radical (unpaired) electrons. The number of hydrogen-bond acceptors (Lipinski definition) is 2. The first-order valence-electron chi connectivity index (χ1n) is 8.01. The van der Waals surface area contributed by atoms with Crippen LogP contribution in [0.3, 0.4) is 0 Å². The summed E-state index contributed by atoms with van der Waals surface area (Å²) in [6.07, 6.45) is 4.12. The number of oxime groups is 1. The van der Waals surface area contributed by atoms with Crippen LogP contribution in [0.5, 0.6) is 0 Å². The van der Waals surface area contributed by atoms with E-state index in [2.05, 4.69) is 67.5 Å². The summed E-state index contributed by atoms with van der Waals surface area (Å²) in [5, 5.41) is 4.33. The lowest BCUT2D eigenvalue weighted by Crippen LogP contribution is -2.21. The molecular formula is C20H23NO. The van der Waals surface area contributed by atoms with Crippen LogP contribution >= 0.6 is 0 Å². The maximum atomic E-state index is 5.75. The lowest BCUT2D eigenvalue weighted by molar-refractivity contribution is -0.00738. The molecule has 1 heterocycles. The van der Waals surface area contributed by atoms with Crippen LogP contribution in [0.15, 0.2) is 59.8 Å². The highest BCUT2D eigenvalue weighted by molar-refractivity contribution is 5.86. The largest absolute Gasteiger partial charge is 0.384 e. The average molecular weight is 293 g/mol. The summed E-state index contributed by atoms with van der Waals surface area (Å²) in [7, 11) is 0. The highest BCUT2D eigenvalue weighted by Crippen LogP contribution is 2.35. The van der Waals surface area contributed by atoms with Gasteiger partial charge in [0, 0.05) is 6.42 Å². The highest BCUT2D eigenvalue weighted by atomic mass is 16.7. The van der Waals surface area contributed by atoms with Crippen molar-refractivity contribution in [2.24, 2.45) is 5.16 Å². The zero-order valence-corrected chi connectivity index (χ0v) is 13.4. The lowest BCUT2D eigenvalue weighted by Gasteiger charge is -2.21. The summed E-state index contributed by atoms with van der Waals surface area (Å²) in [4.78, 5) is 5.75. The second kappa shape index (κ2) is 6.35. The van der Waals surface area contributed by atoms with E-state index in [4.69, 9.17) is 4.84 Å². The third-order valence-electron chi connectivity index (χ3n) is 4.35. The van der Waals surface area contributed by atoms with Crippen molar-refractivity contribution in [1.29, 1.82) is 0 Å². The number of hydrogen-bond donors (Lipinski definition) is 0. The minimum Gasteiger partial charge on any atom is -0.384 e. The maximum Gasteiger partial charge on any atom is 0.165 e. The monoisotopic (exact) mass is 293 g/mol. The predicted octanol–water partition coefficient (Wildman–Crippen LogP) is 5.01. The standard InChI is InChI=1S/C20H23NO/c1-16-11-13-17(14-12-16)7-6-10-19-15-20(2,22-21-19)18-8-4-3-5-9-18/h3-5,8-9,11-14H,6-7,10,15H2,1-2H3. The molecule has 22 heavy (non-hydrogen) atoms. The lowest BCUT2D eigenvalue weighted by atomic mass is 9.89. The van der Waals surface area contributed by atoms with Crippen molar-refractivity contribution in [3.63, 3.8) is 0 Å². The molecule has 1 aliphatic rings. The van der Waals surface area contributed by atoms with Crippen LogP contribution in [-0.4, -0.2) is 5.71 Å². The van der Waals surface area contributed by atoms with Crippen LogP contribution in [0.2, 0.25) is 0 Å². The third-order valence-corrected chi connectivity index (χ3v) is 4.35. The number of nitrogens with zero attached hydrogens (tertiary/aromatic N) is 1. The van der Waals surface area contributed by atoms with E-state index < -0.39 is 0 Å². The Hall–Kier alpha value is -2.09. The van der Waals surface area contributed by atoms with Gasteiger partial charge in [0.25, 0.3) is 0 Å². The molecule has 0 saturated heterocycles. The van der Waals surface area contributed by atoms with Crippen molar-refractivity contribution >= 4 is 5.71 Å². The second-order valence-corrected chi connectivity index (χ2v) is 6.36. The molecule has 0 saturated carbocycles. The third kappa shape index (κ3) is 3.38. The molecule has 0 amide bonds. The number of benzene rings is 2. The van der Waals surface area contributed by atoms with Gasteiger partial charge in [-0.25, -0.2) is 0 Å². The fourth-order valence-electron chi connectivity index (χ4n) is 2.95. The molecular weight excluding hydrogens is 270 g/mol. The molecule has 0 fully saturated rings. The molecule has 1 atom stereocenters. The van der Waals surface area contributed by atoms with Crippen molar-refractivity contribution in [2.75, 3.05) is 0 Å². The Kier molecular flexibility index (Phi) is 4.28. The fraction of sp³-hybridized carbons (Fsp3) is 0.350. The summed E-state index contributed by atoms with van der Waals surface area (Å²) in [5.74, 6) is 0. The van der Waals surface area contributed by atoms with E-state index >= 15 is 0 Å². The average Bonchev–Trinajstić information content (AvgIpc) is 2.93. The topological polar surface area (TPSA) is 21.6 Å². The quantitative estimate of drug-likeness (QED) is 0.759. The zero-order chi connectivity index (χ0) is 15.4. The Morgan fingerprint density at radius 1 is 1.00 bits per heavy atom. The van der Waals surface area contributed by atoms with Gasteiger partial charge < -0.3 is 4.84 Å². The van der Waals surface area contributed by atoms with Crippen molar-refractivity contribution in [3.05, 3.63) is 71.3 Å². The van der Waals surface area contributed by atoms with Gasteiger partial charge in [0.2, 0.25) is 0 Å². The molecule has 0 bridgehead atoms. The van der Waals surface area contributed by atoms with E-state index in [1.807, 2.05) is 6.07 Å². The van der Waals surface area contributed by atoms with Gasteiger partial charge in [0.05, 0.1) is 5.71 Å². The predicted molar refractivity (Wildman–Crippen MR) is 91.0 cm³/mol. The first kappa shape index (κ1) is 14.8. The van der Waals surface area contributed by atoms with E-state index in [0.29, 0.717) is 0 Å². The molecule has 1 unspecified atom stereocenters. The molecule has 2 aromatic carbocycles. The van der Waals surface area contributed by atoms with Crippen molar-refractivity contribution in [3.8, 4) is 0 Å². The van der Waals surface area contributed by atoms with Gasteiger partial charge >= 0.3 is 0 Å². The van der Waals surface area contributed by atoms with Gasteiger partial charge in [-0.05, 0) is 44.2 Å². The van der Waals surface area contributed by atoms with E-state index in [1.165, 1.54) is 22.4 Å². The normalized spacial score (nSPS) is 20.5. The summed E-state index contributed by atoms with van der Waals surface area (Å²) in [5.41, 5.74) is 4.80. The van der Waals surface area contributed by atoms with Crippen molar-refractivity contribution in [1.82, 2.24) is 0 Å². The molecule has 0 aromatic heterocycles. The molecule has 0 N–H and O–H groups in total. The second-order valence-electron chi connectivity index (χ2n) is 6.36. The van der Waals surface area contributed by atoms with Gasteiger partial charge in [-0.1, -0.05) is 65.3 Å². The molecule has 2 aromatic rings. The van der Waals surface area contributed by atoms with Gasteiger partial charge in [-0.3, -0.25) is 0 Å². The SMILES string of the molecule is Cc1ccc(CCCC2=NOC(C)(c3ccccc3)C2)cc1. The van der Waals surface area contributed by atoms with Crippen molar-refractivity contribution < 1.29 is 4.84 Å². The first-order valence-corrected chi connectivity index (χ1v) is 8.01. The highest BCUT2D eigenvalue weighted by Gasteiger charge is 2.35. The van der Waals surface area contributed by atoms with Crippen LogP contribution < -0.4 is 0 Å². The fourth-order valence-corrected chi connectivity index (χ4v) is 2.95. The smallest absolute Gasteiger partial charge is 0.165 e. The Labute approximate surface area is 132 Å². The minimum atomic E-state index is -0.291. The van der Waals surface area contributed by atoms with Gasteiger partial charge in [0.1, 0.15) is 0 Å². The summed E-state index contributed by atoms with van der Waals surface area (Å²) in [6.45, 7) is 4.25. The molecule has 2 heteroatoms. The summed E-state index contributed by atoms with van der Waals surface area (Å²) in [6, 6.07) is 19.2. The molecule has 3 rings (SSSR count). The van der Waals surface area contributed by atoms with Crippen LogP contribution in [-0.2, 0) is 16.9 Å². The Balaban J connectivity index is 1.52. The Morgan fingerprint density at radius 3 is 2.45 bits per heavy atom. The van der Waals surface area contributed by atoms with Gasteiger partial charge in [-0.15, -0.1) is 0 Å². The van der Waals surface area contributed by atoms with Crippen LogP contribution in [0, 0.1) is 6.92 Å². The zero-order valence-electron chi connectivity index (χ0n) is 13.4. The molecule has 2 nitrogen and oxygen atoms in total. The molecule has 1 aliphatic heterocycles. The maximum absolute atomic E-state index is 5.75.